The largest absolute Gasteiger partial charge is 0.356 e. The first-order chi connectivity index (χ1) is 8.34. The summed E-state index contributed by atoms with van der Waals surface area (Å²) in [4.78, 5) is 11.4. The Morgan fingerprint density at radius 1 is 1.41 bits per heavy atom. The van der Waals surface area contributed by atoms with Crippen LogP contribution in [-0.4, -0.2) is 34.8 Å². The van der Waals surface area contributed by atoms with E-state index in [1.165, 1.54) is 12.8 Å². The smallest absolute Gasteiger partial charge is 0.221 e. The lowest BCUT2D eigenvalue weighted by molar-refractivity contribution is -0.121. The molecule has 0 atom stereocenters. The summed E-state index contributed by atoms with van der Waals surface area (Å²) in [7, 11) is 0. The van der Waals surface area contributed by atoms with Crippen molar-refractivity contribution < 1.29 is 4.79 Å². The fourth-order valence-corrected chi connectivity index (χ4v) is 1.67. The second-order valence-corrected chi connectivity index (χ2v) is 4.45. The van der Waals surface area contributed by atoms with Crippen LogP contribution >= 0.6 is 0 Å². The van der Waals surface area contributed by atoms with Gasteiger partial charge >= 0.3 is 0 Å². The second-order valence-electron chi connectivity index (χ2n) is 4.45. The number of aryl methyl sites for hydroxylation is 1. The SMILES string of the molecule is O=C(CCNC1CC1)NCCCn1cccn1. The van der Waals surface area contributed by atoms with Gasteiger partial charge in [0.1, 0.15) is 0 Å². The monoisotopic (exact) mass is 236 g/mol. The van der Waals surface area contributed by atoms with Gasteiger partial charge in [0.05, 0.1) is 0 Å². The number of amides is 1. The number of carbonyl (C=O) groups is 1. The lowest BCUT2D eigenvalue weighted by Gasteiger charge is -2.06. The number of hydrogen-bond acceptors (Lipinski definition) is 3. The van der Waals surface area contributed by atoms with E-state index in [0.717, 1.165) is 26.1 Å². The zero-order valence-electron chi connectivity index (χ0n) is 10.1. The highest BCUT2D eigenvalue weighted by atomic mass is 16.1. The summed E-state index contributed by atoms with van der Waals surface area (Å²) in [5.41, 5.74) is 0. The van der Waals surface area contributed by atoms with Crippen molar-refractivity contribution in [2.45, 2.75) is 38.3 Å². The molecule has 1 saturated carbocycles. The van der Waals surface area contributed by atoms with Gasteiger partial charge in [0.2, 0.25) is 5.91 Å². The molecule has 0 bridgehead atoms. The first kappa shape index (κ1) is 12.1. The summed E-state index contributed by atoms with van der Waals surface area (Å²) in [6, 6.07) is 2.59. The van der Waals surface area contributed by atoms with Crippen LogP contribution in [0.4, 0.5) is 0 Å². The normalized spacial score (nSPS) is 14.8. The summed E-state index contributed by atoms with van der Waals surface area (Å²) in [5, 5.41) is 10.3. The first-order valence-corrected chi connectivity index (χ1v) is 6.32. The third-order valence-electron chi connectivity index (χ3n) is 2.81. The van der Waals surface area contributed by atoms with Crippen molar-refractivity contribution in [1.82, 2.24) is 20.4 Å². The van der Waals surface area contributed by atoms with Crippen molar-refractivity contribution >= 4 is 5.91 Å². The highest BCUT2D eigenvalue weighted by Crippen LogP contribution is 2.18. The predicted octanol–water partition coefficient (Wildman–Crippen LogP) is 0.531. The number of carbonyl (C=O) groups excluding carboxylic acids is 1. The van der Waals surface area contributed by atoms with Gasteiger partial charge in [-0.05, 0) is 25.3 Å². The molecule has 2 rings (SSSR count). The van der Waals surface area contributed by atoms with Gasteiger partial charge in [0, 0.05) is 44.5 Å². The summed E-state index contributed by atoms with van der Waals surface area (Å²) in [6.45, 7) is 2.38. The molecule has 1 aliphatic rings. The van der Waals surface area contributed by atoms with E-state index >= 15 is 0 Å². The Balaban J connectivity index is 1.45. The minimum absolute atomic E-state index is 0.138. The molecule has 5 heteroatoms. The molecular weight excluding hydrogens is 216 g/mol. The topological polar surface area (TPSA) is 59.0 Å². The van der Waals surface area contributed by atoms with Gasteiger partial charge in [-0.15, -0.1) is 0 Å². The van der Waals surface area contributed by atoms with E-state index in [2.05, 4.69) is 15.7 Å². The van der Waals surface area contributed by atoms with E-state index in [-0.39, 0.29) is 5.91 Å². The van der Waals surface area contributed by atoms with Crippen LogP contribution in [0.25, 0.3) is 0 Å². The van der Waals surface area contributed by atoms with Crippen molar-refractivity contribution in [3.8, 4) is 0 Å². The van der Waals surface area contributed by atoms with E-state index in [1.807, 2.05) is 16.9 Å². The Bertz CT molecular complexity index is 332. The van der Waals surface area contributed by atoms with Crippen LogP contribution in [0, 0.1) is 0 Å². The molecule has 0 radical (unpaired) electrons. The van der Waals surface area contributed by atoms with Gasteiger partial charge in [-0.2, -0.15) is 5.10 Å². The van der Waals surface area contributed by atoms with Crippen LogP contribution in [0.1, 0.15) is 25.7 Å². The third kappa shape index (κ3) is 4.99. The fraction of sp³-hybridized carbons (Fsp3) is 0.667. The molecule has 1 fully saturated rings. The number of nitrogens with one attached hydrogen (secondary N) is 2. The second kappa shape index (κ2) is 6.39. The van der Waals surface area contributed by atoms with E-state index < -0.39 is 0 Å². The van der Waals surface area contributed by atoms with Crippen LogP contribution in [-0.2, 0) is 11.3 Å². The van der Waals surface area contributed by atoms with E-state index in [4.69, 9.17) is 0 Å². The van der Waals surface area contributed by atoms with Crippen molar-refractivity contribution in [2.24, 2.45) is 0 Å². The predicted molar refractivity (Wildman–Crippen MR) is 65.5 cm³/mol. The number of rotatable bonds is 8. The van der Waals surface area contributed by atoms with Crippen molar-refractivity contribution in [3.63, 3.8) is 0 Å². The van der Waals surface area contributed by atoms with E-state index in [9.17, 15) is 4.79 Å². The van der Waals surface area contributed by atoms with Crippen LogP contribution in [0.5, 0.6) is 0 Å². The molecule has 1 aromatic heterocycles. The molecule has 17 heavy (non-hydrogen) atoms. The highest BCUT2D eigenvalue weighted by molar-refractivity contribution is 5.75. The molecule has 2 N–H and O–H groups in total. The van der Waals surface area contributed by atoms with Crippen LogP contribution in [0.2, 0.25) is 0 Å². The van der Waals surface area contributed by atoms with Crippen molar-refractivity contribution in [2.75, 3.05) is 13.1 Å². The summed E-state index contributed by atoms with van der Waals surface area (Å²) >= 11 is 0. The van der Waals surface area contributed by atoms with Crippen molar-refractivity contribution in [1.29, 1.82) is 0 Å². The average molecular weight is 236 g/mol. The maximum Gasteiger partial charge on any atom is 0.221 e. The molecule has 0 unspecified atom stereocenters. The van der Waals surface area contributed by atoms with Crippen LogP contribution in [0.15, 0.2) is 18.5 Å². The molecule has 1 heterocycles. The molecule has 94 valence electrons. The lowest BCUT2D eigenvalue weighted by atomic mass is 10.3. The Hall–Kier alpha value is -1.36. The molecule has 0 spiro atoms. The van der Waals surface area contributed by atoms with E-state index in [0.29, 0.717) is 12.5 Å². The Kier molecular flexibility index (Phi) is 4.55. The molecule has 0 aliphatic heterocycles. The standard InChI is InChI=1S/C12H20N4O/c17-12(5-8-13-11-3-4-11)14-6-1-9-16-10-2-7-15-16/h2,7,10-11,13H,1,3-6,8-9H2,(H,14,17). The zero-order chi connectivity index (χ0) is 11.9. The van der Waals surface area contributed by atoms with Gasteiger partial charge in [0.25, 0.3) is 0 Å². The molecule has 5 nitrogen and oxygen atoms in total. The van der Waals surface area contributed by atoms with Gasteiger partial charge < -0.3 is 10.6 Å². The maximum atomic E-state index is 11.4. The molecule has 1 amide bonds. The summed E-state index contributed by atoms with van der Waals surface area (Å²) < 4.78 is 1.88. The summed E-state index contributed by atoms with van der Waals surface area (Å²) in [5.74, 6) is 0.138. The molecule has 0 saturated heterocycles. The fourth-order valence-electron chi connectivity index (χ4n) is 1.67. The first-order valence-electron chi connectivity index (χ1n) is 6.32. The minimum Gasteiger partial charge on any atom is -0.356 e. The average Bonchev–Trinajstić information content (AvgIpc) is 3.00. The molecular formula is C12H20N4O. The number of hydrogen-bond donors (Lipinski definition) is 2. The third-order valence-corrected chi connectivity index (χ3v) is 2.81. The molecule has 0 aromatic carbocycles. The van der Waals surface area contributed by atoms with E-state index in [1.54, 1.807) is 6.20 Å². The van der Waals surface area contributed by atoms with Gasteiger partial charge in [0.15, 0.2) is 0 Å². The summed E-state index contributed by atoms with van der Waals surface area (Å²) in [6.07, 6.45) is 7.74. The minimum atomic E-state index is 0.138. The number of aromatic nitrogens is 2. The maximum absolute atomic E-state index is 11.4. The molecule has 1 aromatic rings. The Labute approximate surface area is 102 Å². The van der Waals surface area contributed by atoms with Gasteiger partial charge in [-0.3, -0.25) is 9.48 Å². The quantitative estimate of drug-likeness (QED) is 0.647. The van der Waals surface area contributed by atoms with Crippen LogP contribution in [0.3, 0.4) is 0 Å². The zero-order valence-corrected chi connectivity index (χ0v) is 10.1. The number of nitrogens with zero attached hydrogens (tertiary/aromatic N) is 2. The van der Waals surface area contributed by atoms with Crippen molar-refractivity contribution in [3.05, 3.63) is 18.5 Å². The van der Waals surface area contributed by atoms with Gasteiger partial charge in [-0.25, -0.2) is 0 Å². The lowest BCUT2D eigenvalue weighted by Crippen LogP contribution is -2.29. The van der Waals surface area contributed by atoms with Gasteiger partial charge in [-0.1, -0.05) is 0 Å². The van der Waals surface area contributed by atoms with Crippen LogP contribution < -0.4 is 10.6 Å². The molecule has 1 aliphatic carbocycles. The highest BCUT2D eigenvalue weighted by Gasteiger charge is 2.19. The Morgan fingerprint density at radius 2 is 2.29 bits per heavy atom. The Morgan fingerprint density at radius 3 is 3.00 bits per heavy atom.